The molecule has 2 heterocycles. The van der Waals surface area contributed by atoms with Crippen LogP contribution in [0.2, 0.25) is 0 Å². The molecule has 0 saturated carbocycles. The molecular formula is C21H29IN6O3. The molecule has 0 aliphatic heterocycles. The van der Waals surface area contributed by atoms with Crippen molar-refractivity contribution < 1.29 is 13.9 Å². The fraction of sp³-hybridized carbons (Fsp3) is 0.381. The summed E-state index contributed by atoms with van der Waals surface area (Å²) in [4.78, 5) is 8.68. The number of furan rings is 1. The normalized spacial score (nSPS) is 11.1. The molecule has 0 atom stereocenters. The molecule has 0 bridgehead atoms. The number of H-pyrrole nitrogens is 1. The first-order chi connectivity index (χ1) is 14.7. The van der Waals surface area contributed by atoms with Gasteiger partial charge in [-0.15, -0.1) is 29.1 Å². The SMILES string of the molecule is CN=C(NCc1nc(-c2ccco2)n[nH]1)NCc1ccc(C)cc1OCCCOC.I. The number of aromatic nitrogens is 3. The predicted octanol–water partition coefficient (Wildman–Crippen LogP) is 3.27. The molecule has 0 radical (unpaired) electrons. The smallest absolute Gasteiger partial charge is 0.216 e. The van der Waals surface area contributed by atoms with E-state index in [2.05, 4.69) is 42.9 Å². The van der Waals surface area contributed by atoms with Crippen molar-refractivity contribution in [2.24, 2.45) is 4.99 Å². The lowest BCUT2D eigenvalue weighted by Crippen LogP contribution is -2.36. The maximum Gasteiger partial charge on any atom is 0.216 e. The molecule has 3 aromatic rings. The van der Waals surface area contributed by atoms with E-state index in [-0.39, 0.29) is 24.0 Å². The first-order valence-corrected chi connectivity index (χ1v) is 9.80. The number of aryl methyl sites for hydroxylation is 1. The second kappa shape index (κ2) is 13.0. The molecule has 3 N–H and O–H groups in total. The lowest BCUT2D eigenvalue weighted by atomic mass is 10.1. The van der Waals surface area contributed by atoms with E-state index >= 15 is 0 Å². The predicted molar refractivity (Wildman–Crippen MR) is 130 cm³/mol. The Balaban J connectivity index is 0.00000341. The van der Waals surface area contributed by atoms with Crippen LogP contribution >= 0.6 is 24.0 Å². The van der Waals surface area contributed by atoms with Crippen molar-refractivity contribution in [1.82, 2.24) is 25.8 Å². The van der Waals surface area contributed by atoms with Crippen molar-refractivity contribution >= 4 is 29.9 Å². The first kappa shape index (κ1) is 24.7. The van der Waals surface area contributed by atoms with Crippen LogP contribution in [-0.2, 0) is 17.8 Å². The van der Waals surface area contributed by atoms with Gasteiger partial charge in [0.15, 0.2) is 11.7 Å². The maximum absolute atomic E-state index is 5.94. The van der Waals surface area contributed by atoms with E-state index in [1.165, 1.54) is 0 Å². The molecule has 1 aromatic carbocycles. The zero-order valence-electron chi connectivity index (χ0n) is 18.0. The summed E-state index contributed by atoms with van der Waals surface area (Å²) in [6.07, 6.45) is 2.44. The van der Waals surface area contributed by atoms with E-state index in [9.17, 15) is 0 Å². The second-order valence-corrected chi connectivity index (χ2v) is 6.67. The van der Waals surface area contributed by atoms with Crippen molar-refractivity contribution in [3.05, 3.63) is 53.5 Å². The van der Waals surface area contributed by atoms with Crippen LogP contribution in [0.5, 0.6) is 5.75 Å². The molecular weight excluding hydrogens is 511 g/mol. The van der Waals surface area contributed by atoms with Gasteiger partial charge in [0.05, 0.1) is 19.4 Å². The van der Waals surface area contributed by atoms with E-state index in [1.54, 1.807) is 26.5 Å². The molecule has 0 aliphatic carbocycles. The Hall–Kier alpha value is -2.60. The Labute approximate surface area is 199 Å². The van der Waals surface area contributed by atoms with Gasteiger partial charge in [-0.1, -0.05) is 12.1 Å². The number of rotatable bonds is 10. The summed E-state index contributed by atoms with van der Waals surface area (Å²) < 4.78 is 16.3. The van der Waals surface area contributed by atoms with E-state index in [0.717, 1.165) is 23.3 Å². The molecule has 168 valence electrons. The van der Waals surface area contributed by atoms with Gasteiger partial charge in [0.1, 0.15) is 11.6 Å². The summed E-state index contributed by atoms with van der Waals surface area (Å²) in [5.74, 6) is 3.35. The average Bonchev–Trinajstić information content (AvgIpc) is 3.44. The number of nitrogens with one attached hydrogen (secondary N) is 3. The highest BCUT2D eigenvalue weighted by Crippen LogP contribution is 2.20. The Morgan fingerprint density at radius 2 is 2.03 bits per heavy atom. The highest BCUT2D eigenvalue weighted by atomic mass is 127. The molecule has 3 rings (SSSR count). The summed E-state index contributed by atoms with van der Waals surface area (Å²) >= 11 is 0. The zero-order valence-corrected chi connectivity index (χ0v) is 20.3. The number of halogens is 1. The van der Waals surface area contributed by atoms with Gasteiger partial charge in [-0.3, -0.25) is 10.1 Å². The van der Waals surface area contributed by atoms with E-state index in [1.807, 2.05) is 19.1 Å². The standard InChI is InChI=1S/C21H28N6O3.HI/c1-15-7-8-16(18(12-15)30-11-5-9-28-3)13-23-21(22-2)24-14-19-25-20(27-26-19)17-6-4-10-29-17;/h4,6-8,10,12H,5,9,11,13-14H2,1-3H3,(H2,22,23,24)(H,25,26,27);1H. The van der Waals surface area contributed by atoms with Gasteiger partial charge in [0.2, 0.25) is 5.82 Å². The third kappa shape index (κ3) is 7.55. The van der Waals surface area contributed by atoms with Crippen LogP contribution in [0.25, 0.3) is 11.6 Å². The van der Waals surface area contributed by atoms with Crippen molar-refractivity contribution in [3.8, 4) is 17.3 Å². The first-order valence-electron chi connectivity index (χ1n) is 9.80. The summed E-state index contributed by atoms with van der Waals surface area (Å²) in [6, 6.07) is 9.80. The number of aliphatic imine (C=N–C) groups is 1. The molecule has 0 spiro atoms. The van der Waals surface area contributed by atoms with Gasteiger partial charge in [0.25, 0.3) is 0 Å². The number of methoxy groups -OCH3 is 1. The number of hydrogen-bond acceptors (Lipinski definition) is 6. The maximum atomic E-state index is 5.94. The number of nitrogens with zero attached hydrogens (tertiary/aromatic N) is 3. The van der Waals surface area contributed by atoms with Gasteiger partial charge in [0, 0.05) is 39.3 Å². The quantitative estimate of drug-likeness (QED) is 0.157. The number of ether oxygens (including phenoxy) is 2. The minimum absolute atomic E-state index is 0. The minimum Gasteiger partial charge on any atom is -0.493 e. The lowest BCUT2D eigenvalue weighted by molar-refractivity contribution is 0.171. The van der Waals surface area contributed by atoms with Crippen LogP contribution < -0.4 is 15.4 Å². The topological polar surface area (TPSA) is 110 Å². The summed E-state index contributed by atoms with van der Waals surface area (Å²) in [5, 5.41) is 13.6. The van der Waals surface area contributed by atoms with E-state index < -0.39 is 0 Å². The highest BCUT2D eigenvalue weighted by molar-refractivity contribution is 14.0. The number of benzene rings is 1. The van der Waals surface area contributed by atoms with Crippen molar-refractivity contribution in [2.75, 3.05) is 27.4 Å². The number of aromatic amines is 1. The summed E-state index contributed by atoms with van der Waals surface area (Å²) in [6.45, 7) is 4.36. The highest BCUT2D eigenvalue weighted by Gasteiger charge is 2.10. The summed E-state index contributed by atoms with van der Waals surface area (Å²) in [7, 11) is 3.42. The largest absolute Gasteiger partial charge is 0.493 e. The van der Waals surface area contributed by atoms with E-state index in [4.69, 9.17) is 13.9 Å². The van der Waals surface area contributed by atoms with Crippen LogP contribution in [0, 0.1) is 6.92 Å². The molecule has 0 aliphatic rings. The van der Waals surface area contributed by atoms with Crippen LogP contribution in [-0.4, -0.2) is 48.5 Å². The molecule has 0 unspecified atom stereocenters. The Morgan fingerprint density at radius 1 is 1.19 bits per heavy atom. The van der Waals surface area contributed by atoms with Crippen LogP contribution in [0.1, 0.15) is 23.4 Å². The molecule has 0 amide bonds. The second-order valence-electron chi connectivity index (χ2n) is 6.67. The average molecular weight is 540 g/mol. The molecule has 2 aromatic heterocycles. The monoisotopic (exact) mass is 540 g/mol. The molecule has 0 fully saturated rings. The Bertz CT molecular complexity index is 943. The van der Waals surface area contributed by atoms with Gasteiger partial charge in [-0.2, -0.15) is 0 Å². The molecule has 0 saturated heterocycles. The zero-order chi connectivity index (χ0) is 21.2. The van der Waals surface area contributed by atoms with Crippen LogP contribution in [0.4, 0.5) is 0 Å². The summed E-state index contributed by atoms with van der Waals surface area (Å²) in [5.41, 5.74) is 2.21. The van der Waals surface area contributed by atoms with E-state index in [0.29, 0.717) is 49.7 Å². The van der Waals surface area contributed by atoms with Gasteiger partial charge < -0.3 is 24.5 Å². The molecule has 10 heteroatoms. The van der Waals surface area contributed by atoms with Gasteiger partial charge >= 0.3 is 0 Å². The third-order valence-electron chi connectivity index (χ3n) is 4.34. The van der Waals surface area contributed by atoms with Crippen molar-refractivity contribution in [2.45, 2.75) is 26.4 Å². The van der Waals surface area contributed by atoms with Crippen LogP contribution in [0.3, 0.4) is 0 Å². The Kier molecular flexibility index (Phi) is 10.3. The molecule has 31 heavy (non-hydrogen) atoms. The van der Waals surface area contributed by atoms with Crippen molar-refractivity contribution in [3.63, 3.8) is 0 Å². The lowest BCUT2D eigenvalue weighted by Gasteiger charge is -2.15. The van der Waals surface area contributed by atoms with Crippen molar-refractivity contribution in [1.29, 1.82) is 0 Å². The van der Waals surface area contributed by atoms with Gasteiger partial charge in [-0.05, 0) is 30.7 Å². The number of hydrogen-bond donors (Lipinski definition) is 3. The fourth-order valence-corrected chi connectivity index (χ4v) is 2.78. The molecule has 9 nitrogen and oxygen atoms in total. The fourth-order valence-electron chi connectivity index (χ4n) is 2.78. The number of guanidine groups is 1. The Morgan fingerprint density at radius 3 is 2.77 bits per heavy atom. The van der Waals surface area contributed by atoms with Gasteiger partial charge in [-0.25, -0.2) is 4.98 Å². The third-order valence-corrected chi connectivity index (χ3v) is 4.34. The van der Waals surface area contributed by atoms with Crippen LogP contribution in [0.15, 0.2) is 46.0 Å². The minimum atomic E-state index is 0.